The first-order valence-corrected chi connectivity index (χ1v) is 14.1. The number of carbonyl (C=O) groups is 2. The number of fused-ring (bicyclic) bond motifs is 2. The molecule has 2 saturated carbocycles. The van der Waals surface area contributed by atoms with Crippen molar-refractivity contribution in [2.45, 2.75) is 86.5 Å². The van der Waals surface area contributed by atoms with Gasteiger partial charge in [-0.2, -0.15) is 0 Å². The van der Waals surface area contributed by atoms with Crippen molar-refractivity contribution >= 4 is 11.6 Å². The molecule has 0 aliphatic heterocycles. The summed E-state index contributed by atoms with van der Waals surface area (Å²) < 4.78 is 0. The largest absolute Gasteiger partial charge is 0.293 e. The fourth-order valence-electron chi connectivity index (χ4n) is 7.42. The molecule has 5 aliphatic carbocycles. The van der Waals surface area contributed by atoms with Crippen LogP contribution in [0, 0.1) is 43.4 Å². The highest BCUT2D eigenvalue weighted by Crippen LogP contribution is 2.53. The molecule has 2 nitrogen and oxygen atoms in total. The van der Waals surface area contributed by atoms with E-state index in [4.69, 9.17) is 0 Å². The van der Waals surface area contributed by atoms with Crippen molar-refractivity contribution in [3.8, 4) is 11.1 Å². The average molecular weight is 483 g/mol. The van der Waals surface area contributed by atoms with Gasteiger partial charge >= 0.3 is 0 Å². The van der Waals surface area contributed by atoms with Gasteiger partial charge in [-0.15, -0.1) is 0 Å². The summed E-state index contributed by atoms with van der Waals surface area (Å²) in [6, 6.07) is 8.69. The molecule has 4 atom stereocenters. The van der Waals surface area contributed by atoms with Gasteiger partial charge in [0, 0.05) is 0 Å². The predicted octanol–water partition coefficient (Wildman–Crippen LogP) is 8.35. The lowest BCUT2D eigenvalue weighted by Crippen LogP contribution is -2.41. The zero-order chi connectivity index (χ0) is 26.0. The molecule has 0 N–H and O–H groups in total. The Bertz CT molecular complexity index is 1250. The van der Waals surface area contributed by atoms with Gasteiger partial charge in [0.1, 0.15) is 5.92 Å². The van der Waals surface area contributed by atoms with Crippen LogP contribution in [-0.2, 0) is 9.59 Å². The van der Waals surface area contributed by atoms with Crippen LogP contribution in [0.5, 0.6) is 0 Å². The van der Waals surface area contributed by atoms with Crippen LogP contribution in [-0.4, -0.2) is 11.6 Å². The zero-order valence-electron chi connectivity index (χ0n) is 23.4. The fraction of sp³-hybridized carbons (Fsp3) is 0.529. The van der Waals surface area contributed by atoms with Crippen molar-refractivity contribution in [2.75, 3.05) is 0 Å². The first-order chi connectivity index (χ1) is 17.0. The number of aryl methyl sites for hydroxylation is 2. The molecule has 2 heteroatoms. The van der Waals surface area contributed by atoms with Crippen molar-refractivity contribution < 1.29 is 9.59 Å². The Balaban J connectivity index is 1.54. The van der Waals surface area contributed by atoms with E-state index in [0.717, 1.165) is 27.8 Å². The van der Waals surface area contributed by atoms with Crippen LogP contribution < -0.4 is 0 Å². The molecule has 5 aliphatic rings. The summed E-state index contributed by atoms with van der Waals surface area (Å²) in [6.45, 7) is 17.8. The van der Waals surface area contributed by atoms with Crippen LogP contribution in [0.2, 0.25) is 0 Å². The van der Waals surface area contributed by atoms with Crippen LogP contribution in [0.4, 0.5) is 0 Å². The molecule has 2 fully saturated rings. The first-order valence-electron chi connectivity index (χ1n) is 14.1. The van der Waals surface area contributed by atoms with E-state index in [1.54, 1.807) is 0 Å². The number of Topliss-reactive ketones (excluding diaryl/α,β-unsaturated/α-hetero) is 2. The summed E-state index contributed by atoms with van der Waals surface area (Å²) in [6.07, 6.45) is 5.82. The van der Waals surface area contributed by atoms with E-state index >= 15 is 0 Å². The summed E-state index contributed by atoms with van der Waals surface area (Å²) >= 11 is 0. The molecule has 190 valence electrons. The minimum atomic E-state index is -0.649. The number of carbonyl (C=O) groups excluding carboxylic acids is 2. The van der Waals surface area contributed by atoms with E-state index in [2.05, 4.69) is 85.7 Å². The molecule has 5 rings (SSSR count). The fourth-order valence-corrected chi connectivity index (χ4v) is 7.42. The molecular weight excluding hydrogens is 440 g/mol. The molecule has 0 aromatic heterocycles. The van der Waals surface area contributed by atoms with Crippen LogP contribution in [0.1, 0.15) is 94.9 Å². The maximum atomic E-state index is 13.8. The normalized spacial score (nSPS) is 28.6. The molecule has 0 amide bonds. The average Bonchev–Trinajstić information content (AvgIpc) is 3.11. The number of rotatable bonds is 3. The summed E-state index contributed by atoms with van der Waals surface area (Å²) in [5, 5.41) is 0. The quantitative estimate of drug-likeness (QED) is 0.250. The van der Waals surface area contributed by atoms with E-state index in [-0.39, 0.29) is 11.6 Å². The van der Waals surface area contributed by atoms with Gasteiger partial charge in [-0.25, -0.2) is 0 Å². The Morgan fingerprint density at radius 3 is 2.22 bits per heavy atom. The van der Waals surface area contributed by atoms with Gasteiger partial charge < -0.3 is 0 Å². The molecule has 0 bridgehead atoms. The van der Waals surface area contributed by atoms with Crippen molar-refractivity contribution in [1.29, 1.82) is 0 Å². The minimum Gasteiger partial charge on any atom is -0.293 e. The molecule has 0 heterocycles. The maximum absolute atomic E-state index is 13.8. The highest BCUT2D eigenvalue weighted by atomic mass is 16.2. The first kappa shape index (κ1) is 25.2. The second kappa shape index (κ2) is 9.12. The molecule has 0 aromatic rings. The molecule has 0 spiro atoms. The molecule has 0 saturated heterocycles. The second-order valence-electron chi connectivity index (χ2n) is 12.7. The minimum absolute atomic E-state index is 0.0402. The third-order valence-electron chi connectivity index (χ3n) is 9.74. The molecule has 0 aromatic carbocycles. The number of ketones is 2. The van der Waals surface area contributed by atoms with E-state index in [9.17, 15) is 9.59 Å². The lowest BCUT2D eigenvalue weighted by atomic mass is 9.67. The van der Waals surface area contributed by atoms with Crippen molar-refractivity contribution in [2.24, 2.45) is 29.6 Å². The molecule has 0 radical (unpaired) electrons. The topological polar surface area (TPSA) is 34.1 Å². The molecule has 4 unspecified atom stereocenters. The Kier molecular flexibility index (Phi) is 6.38. The van der Waals surface area contributed by atoms with E-state index in [1.807, 2.05) is 0 Å². The Morgan fingerprint density at radius 2 is 1.58 bits per heavy atom. The zero-order valence-corrected chi connectivity index (χ0v) is 23.4. The van der Waals surface area contributed by atoms with Gasteiger partial charge in [-0.05, 0) is 114 Å². The van der Waals surface area contributed by atoms with Gasteiger partial charge in [0.2, 0.25) is 0 Å². The predicted molar refractivity (Wildman–Crippen MR) is 148 cm³/mol. The van der Waals surface area contributed by atoms with Gasteiger partial charge in [0.25, 0.3) is 0 Å². The van der Waals surface area contributed by atoms with Gasteiger partial charge in [0.05, 0.1) is 5.57 Å². The van der Waals surface area contributed by atoms with Crippen molar-refractivity contribution in [3.05, 3.63) is 69.3 Å². The third kappa shape index (κ3) is 3.83. The monoisotopic (exact) mass is 482 g/mol. The summed E-state index contributed by atoms with van der Waals surface area (Å²) in [7, 11) is 0. The number of hydrogen-bond donors (Lipinski definition) is 0. The summed E-state index contributed by atoms with van der Waals surface area (Å²) in [5.74, 6) is 2.51. The lowest BCUT2D eigenvalue weighted by molar-refractivity contribution is -0.133. The Labute approximate surface area is 217 Å². The van der Waals surface area contributed by atoms with E-state index < -0.39 is 5.92 Å². The van der Waals surface area contributed by atoms with Crippen LogP contribution >= 0.6 is 0 Å². The van der Waals surface area contributed by atoms with Crippen LogP contribution in [0.25, 0.3) is 11.1 Å². The molecule has 36 heavy (non-hydrogen) atoms. The highest BCUT2D eigenvalue weighted by Gasteiger charge is 2.51. The smallest absolute Gasteiger partial charge is 0.182 e. The van der Waals surface area contributed by atoms with Crippen LogP contribution in [0.3, 0.4) is 0 Å². The van der Waals surface area contributed by atoms with Crippen molar-refractivity contribution in [3.63, 3.8) is 0 Å². The van der Waals surface area contributed by atoms with E-state index in [1.165, 1.54) is 36.0 Å². The Morgan fingerprint density at radius 1 is 0.889 bits per heavy atom. The van der Waals surface area contributed by atoms with Gasteiger partial charge in [0.15, 0.2) is 11.6 Å². The second-order valence-corrected chi connectivity index (χ2v) is 12.7. The van der Waals surface area contributed by atoms with Crippen molar-refractivity contribution in [1.82, 2.24) is 0 Å². The lowest BCUT2D eigenvalue weighted by Gasteiger charge is -2.33. The third-order valence-corrected chi connectivity index (χ3v) is 9.74. The van der Waals surface area contributed by atoms with E-state index in [0.29, 0.717) is 41.1 Å². The SMILES string of the molecule is CC1=CC(=C2C(=O)C(c3cc(C)c4cc(C(C)C)ccc(C)c3-4)C2=O)C2C(C)CCC(C(C)C)CC12. The summed E-state index contributed by atoms with van der Waals surface area (Å²) in [4.78, 5) is 27.6. The van der Waals surface area contributed by atoms with Gasteiger partial charge in [-0.1, -0.05) is 70.5 Å². The summed E-state index contributed by atoms with van der Waals surface area (Å²) in [5.41, 5.74) is 9.67. The van der Waals surface area contributed by atoms with Crippen LogP contribution in [0.15, 0.2) is 47.1 Å². The number of allylic oxidation sites excluding steroid dienone is 4. The maximum Gasteiger partial charge on any atom is 0.182 e. The number of hydrogen-bond acceptors (Lipinski definition) is 2. The molecular formula is C34H42O2. The van der Waals surface area contributed by atoms with Gasteiger partial charge in [-0.3, -0.25) is 9.59 Å². The standard InChI is InChI=1S/C34H42O2/c1-17(2)23-11-9-19(5)29-25(15-23)21(7)13-27(29)31-33(35)32(34(31)36)28-14-22(8)26-16-24(18(3)4)12-10-20(6)30(26)28/h9,11,13-15,17-18,20,24,26,30-31H,10,12,16H2,1-8H3. The highest BCUT2D eigenvalue weighted by molar-refractivity contribution is 6.42. The Hall–Kier alpha value is -2.48.